The molecular weight excluding hydrogens is 474 g/mol. The first kappa shape index (κ1) is 21.3. The molecule has 31 heavy (non-hydrogen) atoms. The van der Waals surface area contributed by atoms with Crippen molar-refractivity contribution in [2.24, 2.45) is 0 Å². The number of amides is 1. The zero-order valence-corrected chi connectivity index (χ0v) is 19.8. The van der Waals surface area contributed by atoms with E-state index in [0.717, 1.165) is 42.4 Å². The molecule has 1 aromatic carbocycles. The van der Waals surface area contributed by atoms with Gasteiger partial charge in [0.1, 0.15) is 10.8 Å². The highest BCUT2D eigenvalue weighted by Crippen LogP contribution is 2.41. The van der Waals surface area contributed by atoms with Gasteiger partial charge in [0.15, 0.2) is 5.76 Å². The number of rotatable bonds is 6. The number of aromatic nitrogens is 1. The van der Waals surface area contributed by atoms with Crippen molar-refractivity contribution >= 4 is 44.0 Å². The second-order valence-corrected chi connectivity index (χ2v) is 9.45. The summed E-state index contributed by atoms with van der Waals surface area (Å²) in [5.41, 5.74) is 4.35. The first-order chi connectivity index (χ1) is 14.9. The molecule has 3 heterocycles. The maximum Gasteiger partial charge on any atom is 0.291 e. The fourth-order valence-corrected chi connectivity index (χ4v) is 4.76. The van der Waals surface area contributed by atoms with E-state index in [0.29, 0.717) is 0 Å². The number of hydrogen-bond donors (Lipinski definition) is 2. The Hall–Kier alpha value is -2.90. The van der Waals surface area contributed by atoms with E-state index in [9.17, 15) is 4.79 Å². The lowest BCUT2D eigenvalue weighted by Crippen LogP contribution is -2.17. The van der Waals surface area contributed by atoms with Crippen LogP contribution in [0.1, 0.15) is 43.7 Å². The molecule has 1 amide bonds. The van der Waals surface area contributed by atoms with Gasteiger partial charge in [-0.1, -0.05) is 28.1 Å². The fraction of sp³-hybridized carbons (Fsp3) is 0.167. The number of benzene rings is 1. The predicted octanol–water partition coefficient (Wildman–Crippen LogP) is 6.88. The molecule has 4 rings (SSSR count). The van der Waals surface area contributed by atoms with Gasteiger partial charge in [-0.3, -0.25) is 4.79 Å². The van der Waals surface area contributed by atoms with E-state index in [4.69, 9.17) is 4.42 Å². The molecule has 0 bridgehead atoms. The quantitative estimate of drug-likeness (QED) is 0.306. The molecule has 0 aliphatic heterocycles. The van der Waals surface area contributed by atoms with Crippen LogP contribution < -0.4 is 10.6 Å². The number of halogens is 1. The van der Waals surface area contributed by atoms with Crippen LogP contribution in [0.3, 0.4) is 0 Å². The summed E-state index contributed by atoms with van der Waals surface area (Å²) < 4.78 is 6.28. The maximum absolute atomic E-state index is 12.7. The highest BCUT2D eigenvalue weighted by atomic mass is 79.9. The van der Waals surface area contributed by atoms with Crippen molar-refractivity contribution in [3.63, 3.8) is 0 Å². The minimum atomic E-state index is -0.268. The lowest BCUT2D eigenvalue weighted by molar-refractivity contribution is 0.0997. The Balaban J connectivity index is 1.78. The molecule has 0 radical (unpaired) electrons. The van der Waals surface area contributed by atoms with Crippen LogP contribution in [0.15, 0.2) is 69.9 Å². The topological polar surface area (TPSA) is 67.2 Å². The SMILES string of the molecule is Cc1ccnc(NC(c2ccc(Br)cc2)c2c(NC(=O)c3ccco3)sc(C)c2C)c1. The normalized spacial score (nSPS) is 11.9. The molecule has 158 valence electrons. The van der Waals surface area contributed by atoms with E-state index in [1.807, 2.05) is 31.2 Å². The number of carbonyl (C=O) groups is 1. The lowest BCUT2D eigenvalue weighted by atomic mass is 9.96. The van der Waals surface area contributed by atoms with Gasteiger partial charge >= 0.3 is 0 Å². The molecule has 2 N–H and O–H groups in total. The van der Waals surface area contributed by atoms with E-state index in [1.165, 1.54) is 6.26 Å². The molecule has 3 aromatic heterocycles. The van der Waals surface area contributed by atoms with Gasteiger partial charge in [0.2, 0.25) is 0 Å². The van der Waals surface area contributed by atoms with Crippen molar-refractivity contribution in [3.05, 3.63) is 98.4 Å². The first-order valence-corrected chi connectivity index (χ1v) is 11.4. The molecule has 4 aromatic rings. The molecule has 5 nitrogen and oxygen atoms in total. The monoisotopic (exact) mass is 495 g/mol. The van der Waals surface area contributed by atoms with Gasteiger partial charge in [-0.05, 0) is 73.9 Å². The summed E-state index contributed by atoms with van der Waals surface area (Å²) in [5.74, 6) is 0.790. The van der Waals surface area contributed by atoms with Crippen LogP contribution in [-0.2, 0) is 0 Å². The second kappa shape index (κ2) is 9.08. The van der Waals surface area contributed by atoms with E-state index in [1.54, 1.807) is 29.7 Å². The first-order valence-electron chi connectivity index (χ1n) is 9.82. The largest absolute Gasteiger partial charge is 0.459 e. The summed E-state index contributed by atoms with van der Waals surface area (Å²) in [6, 6.07) is 15.3. The molecule has 0 fully saturated rings. The van der Waals surface area contributed by atoms with Crippen LogP contribution in [0.2, 0.25) is 0 Å². The summed E-state index contributed by atoms with van der Waals surface area (Å²) in [7, 11) is 0. The van der Waals surface area contributed by atoms with Crippen molar-refractivity contribution < 1.29 is 9.21 Å². The predicted molar refractivity (Wildman–Crippen MR) is 129 cm³/mol. The number of nitrogens with zero attached hydrogens (tertiary/aromatic N) is 1. The van der Waals surface area contributed by atoms with Crippen molar-refractivity contribution in [3.8, 4) is 0 Å². The number of thiophene rings is 1. The minimum Gasteiger partial charge on any atom is -0.459 e. The Morgan fingerprint density at radius 3 is 2.58 bits per heavy atom. The third-order valence-electron chi connectivity index (χ3n) is 5.10. The Bertz CT molecular complexity index is 1200. The number of anilines is 2. The maximum atomic E-state index is 12.7. The Morgan fingerprint density at radius 1 is 1.13 bits per heavy atom. The average Bonchev–Trinajstić information content (AvgIpc) is 3.37. The van der Waals surface area contributed by atoms with E-state index < -0.39 is 0 Å². The number of pyridine rings is 1. The standard InChI is InChI=1S/C24H22BrN3O2S/c1-14-10-11-26-20(13-14)27-22(17-6-8-18(25)9-7-17)21-15(2)16(3)31-24(21)28-23(29)19-5-4-12-30-19/h4-13,22H,1-3H3,(H,26,27)(H,28,29). The summed E-state index contributed by atoms with van der Waals surface area (Å²) >= 11 is 5.08. The summed E-state index contributed by atoms with van der Waals surface area (Å²) in [6.07, 6.45) is 3.29. The van der Waals surface area contributed by atoms with Crippen molar-refractivity contribution in [1.29, 1.82) is 0 Å². The number of nitrogens with one attached hydrogen (secondary N) is 2. The fourth-order valence-electron chi connectivity index (χ4n) is 3.40. The van der Waals surface area contributed by atoms with Crippen molar-refractivity contribution in [2.45, 2.75) is 26.8 Å². The smallest absolute Gasteiger partial charge is 0.291 e. The molecule has 0 aliphatic carbocycles. The van der Waals surface area contributed by atoms with Crippen LogP contribution in [-0.4, -0.2) is 10.9 Å². The Morgan fingerprint density at radius 2 is 1.90 bits per heavy atom. The van der Waals surface area contributed by atoms with Crippen LogP contribution in [0.5, 0.6) is 0 Å². The summed E-state index contributed by atoms with van der Waals surface area (Å²) in [6.45, 7) is 6.19. The van der Waals surface area contributed by atoms with Crippen molar-refractivity contribution in [1.82, 2.24) is 4.98 Å². The highest BCUT2D eigenvalue weighted by Gasteiger charge is 2.25. The molecule has 0 saturated carbocycles. The van der Waals surface area contributed by atoms with Crippen LogP contribution in [0.25, 0.3) is 0 Å². The Labute approximate surface area is 193 Å². The van der Waals surface area contributed by atoms with Gasteiger partial charge in [0, 0.05) is 21.1 Å². The van der Waals surface area contributed by atoms with Gasteiger partial charge in [-0.25, -0.2) is 4.98 Å². The van der Waals surface area contributed by atoms with Gasteiger partial charge < -0.3 is 15.1 Å². The highest BCUT2D eigenvalue weighted by molar-refractivity contribution is 9.10. The minimum absolute atomic E-state index is 0.195. The number of furan rings is 1. The second-order valence-electron chi connectivity index (χ2n) is 7.30. The Kier molecular flexibility index (Phi) is 6.25. The average molecular weight is 496 g/mol. The van der Waals surface area contributed by atoms with Gasteiger partial charge in [0.25, 0.3) is 5.91 Å². The molecular formula is C24H22BrN3O2S. The summed E-state index contributed by atoms with van der Waals surface area (Å²) in [5, 5.41) is 7.43. The van der Waals surface area contributed by atoms with E-state index in [-0.39, 0.29) is 17.7 Å². The van der Waals surface area contributed by atoms with E-state index >= 15 is 0 Å². The zero-order chi connectivity index (χ0) is 22.0. The van der Waals surface area contributed by atoms with Crippen LogP contribution in [0, 0.1) is 20.8 Å². The molecule has 1 unspecified atom stereocenters. The molecule has 1 atom stereocenters. The number of aryl methyl sites for hydroxylation is 2. The summed E-state index contributed by atoms with van der Waals surface area (Å²) in [4.78, 5) is 18.4. The van der Waals surface area contributed by atoms with Gasteiger partial charge in [0.05, 0.1) is 12.3 Å². The van der Waals surface area contributed by atoms with E-state index in [2.05, 4.69) is 57.5 Å². The lowest BCUT2D eigenvalue weighted by Gasteiger charge is -2.22. The third kappa shape index (κ3) is 4.73. The van der Waals surface area contributed by atoms with Gasteiger partial charge in [-0.2, -0.15) is 0 Å². The van der Waals surface area contributed by atoms with Gasteiger partial charge in [-0.15, -0.1) is 11.3 Å². The molecule has 0 spiro atoms. The molecule has 7 heteroatoms. The molecule has 0 saturated heterocycles. The van der Waals surface area contributed by atoms with Crippen LogP contribution in [0.4, 0.5) is 10.8 Å². The molecule has 0 aliphatic rings. The third-order valence-corrected chi connectivity index (χ3v) is 6.77. The zero-order valence-electron chi connectivity index (χ0n) is 17.4. The van der Waals surface area contributed by atoms with Crippen LogP contribution >= 0.6 is 27.3 Å². The number of carbonyl (C=O) groups excluding carboxylic acids is 1. The van der Waals surface area contributed by atoms with Crippen molar-refractivity contribution in [2.75, 3.05) is 10.6 Å². The number of hydrogen-bond acceptors (Lipinski definition) is 5.